The molecule has 1 aromatic heterocycles. The Labute approximate surface area is 126 Å². The SMILES string of the molecule is CSc1ncc(C(=O)NCC(C)O)n1-c1ccc(F)cc1. The fraction of sp³-hybridized carbons (Fsp3) is 0.286. The number of carbonyl (C=O) groups excluding carboxylic acids is 1. The van der Waals surface area contributed by atoms with E-state index in [1.54, 1.807) is 23.6 Å². The normalized spacial score (nSPS) is 12.2. The number of aliphatic hydroxyl groups excluding tert-OH is 1. The van der Waals surface area contributed by atoms with E-state index in [1.165, 1.54) is 30.1 Å². The number of hydrogen-bond donors (Lipinski definition) is 2. The third-order valence-electron chi connectivity index (χ3n) is 2.79. The minimum absolute atomic E-state index is 0.155. The van der Waals surface area contributed by atoms with Gasteiger partial charge in [0.2, 0.25) is 0 Å². The van der Waals surface area contributed by atoms with Crippen LogP contribution >= 0.6 is 11.8 Å². The molecule has 21 heavy (non-hydrogen) atoms. The first-order valence-electron chi connectivity index (χ1n) is 6.37. The maximum absolute atomic E-state index is 13.0. The smallest absolute Gasteiger partial charge is 0.270 e. The van der Waals surface area contributed by atoms with Gasteiger partial charge in [-0.05, 0) is 37.4 Å². The quantitative estimate of drug-likeness (QED) is 0.827. The highest BCUT2D eigenvalue weighted by Gasteiger charge is 2.17. The lowest BCUT2D eigenvalue weighted by atomic mass is 10.3. The van der Waals surface area contributed by atoms with E-state index in [9.17, 15) is 14.3 Å². The first-order valence-corrected chi connectivity index (χ1v) is 7.59. The third kappa shape index (κ3) is 3.62. The summed E-state index contributed by atoms with van der Waals surface area (Å²) >= 11 is 1.39. The Balaban J connectivity index is 2.37. The molecule has 2 aromatic rings. The second-order valence-corrected chi connectivity index (χ2v) is 5.27. The van der Waals surface area contributed by atoms with Gasteiger partial charge in [0.25, 0.3) is 5.91 Å². The van der Waals surface area contributed by atoms with E-state index in [-0.39, 0.29) is 18.3 Å². The van der Waals surface area contributed by atoms with Crippen molar-refractivity contribution in [2.24, 2.45) is 0 Å². The number of carbonyl (C=O) groups is 1. The van der Waals surface area contributed by atoms with Crippen LogP contribution in [0.2, 0.25) is 0 Å². The van der Waals surface area contributed by atoms with Gasteiger partial charge in [-0.25, -0.2) is 9.37 Å². The average molecular weight is 309 g/mol. The zero-order valence-corrected chi connectivity index (χ0v) is 12.5. The summed E-state index contributed by atoms with van der Waals surface area (Å²) in [6, 6.07) is 5.83. The number of imidazole rings is 1. The number of aromatic nitrogens is 2. The highest BCUT2D eigenvalue weighted by atomic mass is 32.2. The number of hydrogen-bond acceptors (Lipinski definition) is 4. The van der Waals surface area contributed by atoms with Crippen molar-refractivity contribution in [1.82, 2.24) is 14.9 Å². The van der Waals surface area contributed by atoms with E-state index >= 15 is 0 Å². The number of benzene rings is 1. The molecule has 0 bridgehead atoms. The van der Waals surface area contributed by atoms with Gasteiger partial charge in [0, 0.05) is 12.2 Å². The molecule has 1 amide bonds. The summed E-state index contributed by atoms with van der Waals surface area (Å²) in [5.41, 5.74) is 0.993. The van der Waals surface area contributed by atoms with Crippen LogP contribution in [-0.4, -0.2) is 39.5 Å². The standard InChI is InChI=1S/C14H16FN3O2S/c1-9(19)7-16-13(20)12-8-17-14(21-2)18(12)11-5-3-10(15)4-6-11/h3-6,8-9,19H,7H2,1-2H3,(H,16,20). The largest absolute Gasteiger partial charge is 0.392 e. The minimum atomic E-state index is -0.629. The molecule has 0 fully saturated rings. The monoisotopic (exact) mass is 309 g/mol. The van der Waals surface area contributed by atoms with E-state index in [1.807, 2.05) is 6.26 Å². The highest BCUT2D eigenvalue weighted by Crippen LogP contribution is 2.21. The van der Waals surface area contributed by atoms with Crippen molar-refractivity contribution in [3.8, 4) is 5.69 Å². The molecule has 0 radical (unpaired) electrons. The zero-order valence-electron chi connectivity index (χ0n) is 11.7. The van der Waals surface area contributed by atoms with Gasteiger partial charge in [-0.3, -0.25) is 9.36 Å². The first kappa shape index (κ1) is 15.5. The summed E-state index contributed by atoms with van der Waals surface area (Å²) < 4.78 is 14.7. The van der Waals surface area contributed by atoms with Gasteiger partial charge in [-0.1, -0.05) is 11.8 Å². The molecule has 1 heterocycles. The van der Waals surface area contributed by atoms with Gasteiger partial charge < -0.3 is 10.4 Å². The molecule has 0 aliphatic carbocycles. The van der Waals surface area contributed by atoms with Crippen LogP contribution in [0.4, 0.5) is 4.39 Å². The van der Waals surface area contributed by atoms with Crippen molar-refractivity contribution >= 4 is 17.7 Å². The molecule has 0 aliphatic heterocycles. The Morgan fingerprint density at radius 3 is 2.71 bits per heavy atom. The van der Waals surface area contributed by atoms with Crippen molar-refractivity contribution in [3.63, 3.8) is 0 Å². The van der Waals surface area contributed by atoms with Gasteiger partial charge in [-0.2, -0.15) is 0 Å². The van der Waals surface area contributed by atoms with Crippen LogP contribution in [0.25, 0.3) is 5.69 Å². The summed E-state index contributed by atoms with van der Waals surface area (Å²) in [6.45, 7) is 1.74. The first-order chi connectivity index (χ1) is 10.0. The van der Waals surface area contributed by atoms with Crippen LogP contribution in [0.5, 0.6) is 0 Å². The lowest BCUT2D eigenvalue weighted by molar-refractivity contribution is 0.0916. The van der Waals surface area contributed by atoms with E-state index in [0.29, 0.717) is 16.5 Å². The van der Waals surface area contributed by atoms with Crippen molar-refractivity contribution in [3.05, 3.63) is 42.0 Å². The Morgan fingerprint density at radius 2 is 2.14 bits per heavy atom. The van der Waals surface area contributed by atoms with Crippen molar-refractivity contribution in [2.45, 2.75) is 18.2 Å². The summed E-state index contributed by atoms with van der Waals surface area (Å²) in [5.74, 6) is -0.683. The number of nitrogens with zero attached hydrogens (tertiary/aromatic N) is 2. The van der Waals surface area contributed by atoms with Crippen LogP contribution < -0.4 is 5.32 Å². The van der Waals surface area contributed by atoms with Crippen molar-refractivity contribution in [2.75, 3.05) is 12.8 Å². The van der Waals surface area contributed by atoms with Gasteiger partial charge in [0.1, 0.15) is 11.5 Å². The fourth-order valence-electron chi connectivity index (χ4n) is 1.81. The predicted molar refractivity (Wildman–Crippen MR) is 79.3 cm³/mol. The number of rotatable bonds is 5. The highest BCUT2D eigenvalue weighted by molar-refractivity contribution is 7.98. The Kier molecular flexibility index (Phi) is 4.98. The molecule has 1 atom stereocenters. The number of thioether (sulfide) groups is 1. The number of amides is 1. The summed E-state index contributed by atoms with van der Waals surface area (Å²) in [7, 11) is 0. The van der Waals surface area contributed by atoms with E-state index in [2.05, 4.69) is 10.3 Å². The molecule has 5 nitrogen and oxygen atoms in total. The molecule has 2 rings (SSSR count). The van der Waals surface area contributed by atoms with Gasteiger partial charge in [0.15, 0.2) is 5.16 Å². The van der Waals surface area contributed by atoms with Gasteiger partial charge in [0.05, 0.1) is 12.3 Å². The second-order valence-electron chi connectivity index (χ2n) is 4.50. The van der Waals surface area contributed by atoms with Crippen LogP contribution in [0, 0.1) is 5.82 Å². The van der Waals surface area contributed by atoms with E-state index < -0.39 is 6.10 Å². The lowest BCUT2D eigenvalue weighted by Gasteiger charge is -2.12. The molecule has 1 unspecified atom stereocenters. The molecule has 112 valence electrons. The summed E-state index contributed by atoms with van der Waals surface area (Å²) in [4.78, 5) is 16.4. The molecule has 2 N–H and O–H groups in total. The molecular formula is C14H16FN3O2S. The van der Waals surface area contributed by atoms with E-state index in [0.717, 1.165) is 0 Å². The number of nitrogens with one attached hydrogen (secondary N) is 1. The van der Waals surface area contributed by atoms with E-state index in [4.69, 9.17) is 0 Å². The molecule has 1 aromatic carbocycles. The Bertz CT molecular complexity index is 626. The van der Waals surface area contributed by atoms with Crippen molar-refractivity contribution < 1.29 is 14.3 Å². The van der Waals surface area contributed by atoms with Crippen LogP contribution in [0.1, 0.15) is 17.4 Å². The van der Waals surface area contributed by atoms with Crippen LogP contribution in [0.3, 0.4) is 0 Å². The average Bonchev–Trinajstić information content (AvgIpc) is 2.89. The maximum atomic E-state index is 13.0. The van der Waals surface area contributed by atoms with Gasteiger partial charge in [-0.15, -0.1) is 0 Å². The summed E-state index contributed by atoms with van der Waals surface area (Å²) in [6.07, 6.45) is 2.68. The Hall–Kier alpha value is -1.86. The predicted octanol–water partition coefficient (Wildman–Crippen LogP) is 1.84. The molecule has 0 aliphatic rings. The molecule has 0 spiro atoms. The van der Waals surface area contributed by atoms with Crippen LogP contribution in [-0.2, 0) is 0 Å². The minimum Gasteiger partial charge on any atom is -0.392 e. The zero-order chi connectivity index (χ0) is 15.4. The van der Waals surface area contributed by atoms with Gasteiger partial charge >= 0.3 is 0 Å². The topological polar surface area (TPSA) is 67.2 Å². The second kappa shape index (κ2) is 6.73. The maximum Gasteiger partial charge on any atom is 0.270 e. The third-order valence-corrected chi connectivity index (χ3v) is 3.44. The number of halogens is 1. The Morgan fingerprint density at radius 1 is 1.48 bits per heavy atom. The number of aliphatic hydroxyl groups is 1. The molecule has 7 heteroatoms. The molecule has 0 saturated carbocycles. The lowest BCUT2D eigenvalue weighted by Crippen LogP contribution is -2.31. The molecule has 0 saturated heterocycles. The van der Waals surface area contributed by atoms with Crippen LogP contribution in [0.15, 0.2) is 35.6 Å². The molecular weight excluding hydrogens is 293 g/mol. The summed E-state index contributed by atoms with van der Waals surface area (Å²) in [5, 5.41) is 12.5. The van der Waals surface area contributed by atoms with Crippen molar-refractivity contribution in [1.29, 1.82) is 0 Å². The fourth-order valence-corrected chi connectivity index (χ4v) is 2.35.